The molecule has 0 atom stereocenters. The quantitative estimate of drug-likeness (QED) is 0.815. The molecular weight excluding hydrogens is 266 g/mol. The molecule has 2 rings (SSSR count). The van der Waals surface area contributed by atoms with Gasteiger partial charge in [-0.2, -0.15) is 5.26 Å². The SMILES string of the molecule is N#Cc1ccc(NCCNC2CC2)cc1Br. The summed E-state index contributed by atoms with van der Waals surface area (Å²) in [5.41, 5.74) is 1.71. The zero-order chi connectivity index (χ0) is 11.4. The van der Waals surface area contributed by atoms with Gasteiger partial charge in [0.25, 0.3) is 0 Å². The van der Waals surface area contributed by atoms with Crippen LogP contribution in [0.25, 0.3) is 0 Å². The second-order valence-electron chi connectivity index (χ2n) is 3.96. The Morgan fingerprint density at radius 2 is 2.19 bits per heavy atom. The molecule has 0 aliphatic heterocycles. The normalized spacial score (nSPS) is 14.5. The van der Waals surface area contributed by atoms with Crippen LogP contribution in [0.4, 0.5) is 5.69 Å². The van der Waals surface area contributed by atoms with Crippen LogP contribution in [0.3, 0.4) is 0 Å². The first-order valence-electron chi connectivity index (χ1n) is 5.46. The number of anilines is 1. The Hall–Kier alpha value is -1.05. The van der Waals surface area contributed by atoms with Crippen molar-refractivity contribution in [2.45, 2.75) is 18.9 Å². The summed E-state index contributed by atoms with van der Waals surface area (Å²) in [5, 5.41) is 15.5. The number of nitrogens with one attached hydrogen (secondary N) is 2. The Labute approximate surface area is 104 Å². The van der Waals surface area contributed by atoms with Crippen LogP contribution < -0.4 is 10.6 Å². The first-order valence-corrected chi connectivity index (χ1v) is 6.26. The van der Waals surface area contributed by atoms with E-state index >= 15 is 0 Å². The molecule has 1 aliphatic rings. The Morgan fingerprint density at radius 3 is 2.81 bits per heavy atom. The van der Waals surface area contributed by atoms with Gasteiger partial charge in [0.05, 0.1) is 5.56 Å². The van der Waals surface area contributed by atoms with Crippen molar-refractivity contribution in [3.63, 3.8) is 0 Å². The molecule has 0 aromatic heterocycles. The van der Waals surface area contributed by atoms with Gasteiger partial charge in [-0.1, -0.05) is 0 Å². The third kappa shape index (κ3) is 3.22. The fraction of sp³-hybridized carbons (Fsp3) is 0.417. The minimum Gasteiger partial charge on any atom is -0.384 e. The predicted molar refractivity (Wildman–Crippen MR) is 68.4 cm³/mol. The number of nitrogens with zero attached hydrogens (tertiary/aromatic N) is 1. The summed E-state index contributed by atoms with van der Waals surface area (Å²) in [4.78, 5) is 0. The lowest BCUT2D eigenvalue weighted by atomic mass is 10.2. The van der Waals surface area contributed by atoms with Gasteiger partial charge in [-0.3, -0.25) is 0 Å². The maximum absolute atomic E-state index is 8.78. The van der Waals surface area contributed by atoms with Gasteiger partial charge in [0, 0.05) is 29.3 Å². The average Bonchev–Trinajstić information content (AvgIpc) is 3.08. The number of nitriles is 1. The van der Waals surface area contributed by atoms with Crippen molar-refractivity contribution in [2.24, 2.45) is 0 Å². The Balaban J connectivity index is 1.79. The third-order valence-electron chi connectivity index (χ3n) is 2.55. The molecule has 0 saturated heterocycles. The number of hydrogen-bond donors (Lipinski definition) is 2. The molecule has 1 fully saturated rings. The van der Waals surface area contributed by atoms with Crippen molar-refractivity contribution in [3.05, 3.63) is 28.2 Å². The first-order chi connectivity index (χ1) is 7.79. The highest BCUT2D eigenvalue weighted by molar-refractivity contribution is 9.10. The Bertz CT molecular complexity index is 407. The second-order valence-corrected chi connectivity index (χ2v) is 4.82. The van der Waals surface area contributed by atoms with Gasteiger partial charge in [0.2, 0.25) is 0 Å². The number of halogens is 1. The van der Waals surface area contributed by atoms with Crippen LogP contribution >= 0.6 is 15.9 Å². The van der Waals surface area contributed by atoms with Gasteiger partial charge < -0.3 is 10.6 Å². The summed E-state index contributed by atoms with van der Waals surface area (Å²) >= 11 is 3.37. The van der Waals surface area contributed by atoms with Gasteiger partial charge in [-0.25, -0.2) is 0 Å². The van der Waals surface area contributed by atoms with E-state index in [2.05, 4.69) is 32.6 Å². The van der Waals surface area contributed by atoms with E-state index in [1.165, 1.54) is 12.8 Å². The average molecular weight is 280 g/mol. The van der Waals surface area contributed by atoms with Crippen molar-refractivity contribution in [3.8, 4) is 6.07 Å². The Kier molecular flexibility index (Phi) is 3.81. The van der Waals surface area contributed by atoms with Crippen molar-refractivity contribution < 1.29 is 0 Å². The minimum absolute atomic E-state index is 0.668. The monoisotopic (exact) mass is 279 g/mol. The molecule has 3 nitrogen and oxygen atoms in total. The molecule has 0 unspecified atom stereocenters. The van der Waals surface area contributed by atoms with Crippen LogP contribution in [0, 0.1) is 11.3 Å². The smallest absolute Gasteiger partial charge is 0.100 e. The number of rotatable bonds is 5. The molecule has 0 spiro atoms. The third-order valence-corrected chi connectivity index (χ3v) is 3.21. The van der Waals surface area contributed by atoms with Gasteiger partial charge in [0.1, 0.15) is 6.07 Å². The lowest BCUT2D eigenvalue weighted by molar-refractivity contribution is 0.701. The second kappa shape index (κ2) is 5.33. The molecule has 1 aromatic carbocycles. The first kappa shape index (κ1) is 11.4. The molecule has 4 heteroatoms. The summed E-state index contributed by atoms with van der Waals surface area (Å²) in [6.07, 6.45) is 2.64. The van der Waals surface area contributed by atoms with Gasteiger partial charge in [-0.05, 0) is 47.0 Å². The van der Waals surface area contributed by atoms with E-state index in [4.69, 9.17) is 5.26 Å². The summed E-state index contributed by atoms with van der Waals surface area (Å²) in [7, 11) is 0. The molecule has 84 valence electrons. The van der Waals surface area contributed by atoms with E-state index < -0.39 is 0 Å². The maximum Gasteiger partial charge on any atom is 0.100 e. The molecule has 0 radical (unpaired) electrons. The van der Waals surface area contributed by atoms with E-state index in [1.54, 1.807) is 0 Å². The van der Waals surface area contributed by atoms with Crippen LogP contribution in [-0.4, -0.2) is 19.1 Å². The highest BCUT2D eigenvalue weighted by atomic mass is 79.9. The largest absolute Gasteiger partial charge is 0.384 e. The topological polar surface area (TPSA) is 47.9 Å². The summed E-state index contributed by atoms with van der Waals surface area (Å²) in [5.74, 6) is 0. The molecule has 0 amide bonds. The molecule has 1 aromatic rings. The van der Waals surface area contributed by atoms with Crippen LogP contribution in [0.2, 0.25) is 0 Å². The van der Waals surface area contributed by atoms with Crippen molar-refractivity contribution >= 4 is 21.6 Å². The molecule has 0 heterocycles. The summed E-state index contributed by atoms with van der Waals surface area (Å²) in [6, 6.07) is 8.58. The van der Waals surface area contributed by atoms with Crippen molar-refractivity contribution in [1.82, 2.24) is 5.32 Å². The highest BCUT2D eigenvalue weighted by Gasteiger charge is 2.19. The zero-order valence-electron chi connectivity index (χ0n) is 8.96. The number of benzene rings is 1. The van der Waals surface area contributed by atoms with Gasteiger partial charge >= 0.3 is 0 Å². The van der Waals surface area contributed by atoms with Crippen molar-refractivity contribution in [1.29, 1.82) is 5.26 Å². The minimum atomic E-state index is 0.668. The molecule has 0 bridgehead atoms. The lowest BCUT2D eigenvalue weighted by Crippen LogP contribution is -2.23. The predicted octanol–water partition coefficient (Wildman–Crippen LogP) is 2.48. The molecule has 2 N–H and O–H groups in total. The molecule has 1 saturated carbocycles. The van der Waals surface area contributed by atoms with E-state index in [0.29, 0.717) is 5.56 Å². The fourth-order valence-electron chi connectivity index (χ4n) is 1.49. The van der Waals surface area contributed by atoms with Crippen LogP contribution in [0.15, 0.2) is 22.7 Å². The standard InChI is InChI=1S/C12H14BrN3/c13-12-7-11(2-1-9(12)8-14)16-6-5-15-10-3-4-10/h1-2,7,10,15-16H,3-6H2. The highest BCUT2D eigenvalue weighted by Crippen LogP contribution is 2.21. The summed E-state index contributed by atoms with van der Waals surface area (Å²) in [6.45, 7) is 1.90. The van der Waals surface area contributed by atoms with Gasteiger partial charge in [-0.15, -0.1) is 0 Å². The van der Waals surface area contributed by atoms with Crippen molar-refractivity contribution in [2.75, 3.05) is 18.4 Å². The van der Waals surface area contributed by atoms with Crippen LogP contribution in [-0.2, 0) is 0 Å². The van der Waals surface area contributed by atoms with Crippen LogP contribution in [0.1, 0.15) is 18.4 Å². The zero-order valence-corrected chi connectivity index (χ0v) is 10.5. The number of hydrogen-bond acceptors (Lipinski definition) is 3. The molecular formula is C12H14BrN3. The maximum atomic E-state index is 8.78. The van der Waals surface area contributed by atoms with Gasteiger partial charge in [0.15, 0.2) is 0 Å². The van der Waals surface area contributed by atoms with Crippen LogP contribution in [0.5, 0.6) is 0 Å². The Morgan fingerprint density at radius 1 is 1.38 bits per heavy atom. The van der Waals surface area contributed by atoms with E-state index in [1.807, 2.05) is 18.2 Å². The lowest BCUT2D eigenvalue weighted by Gasteiger charge is -2.07. The fourth-order valence-corrected chi connectivity index (χ4v) is 1.95. The van der Waals surface area contributed by atoms with E-state index in [0.717, 1.165) is 29.3 Å². The summed E-state index contributed by atoms with van der Waals surface area (Å²) < 4.78 is 0.843. The van der Waals surface area contributed by atoms with E-state index in [9.17, 15) is 0 Å². The molecule has 16 heavy (non-hydrogen) atoms. The molecule has 1 aliphatic carbocycles. The van der Waals surface area contributed by atoms with E-state index in [-0.39, 0.29) is 0 Å².